The van der Waals surface area contributed by atoms with Gasteiger partial charge in [0.25, 0.3) is 0 Å². The van der Waals surface area contributed by atoms with Gasteiger partial charge >= 0.3 is 6.03 Å². The Morgan fingerprint density at radius 2 is 1.92 bits per heavy atom. The monoisotopic (exact) mass is 365 g/mol. The summed E-state index contributed by atoms with van der Waals surface area (Å²) in [4.78, 5) is 18.3. The van der Waals surface area contributed by atoms with Crippen molar-refractivity contribution in [3.05, 3.63) is 24.3 Å². The number of thioether (sulfide) groups is 2. The minimum Gasteiger partial charge on any atom is -0.322 e. The van der Waals surface area contributed by atoms with E-state index < -0.39 is 0 Å². The summed E-state index contributed by atoms with van der Waals surface area (Å²) in [6.07, 6.45) is 2.61. The maximum Gasteiger partial charge on any atom is 0.321 e. The van der Waals surface area contributed by atoms with Crippen LogP contribution in [0.1, 0.15) is 19.8 Å². The highest BCUT2D eigenvalue weighted by Gasteiger charge is 2.27. The van der Waals surface area contributed by atoms with Crippen molar-refractivity contribution in [3.63, 3.8) is 0 Å². The molecule has 0 saturated carbocycles. The molecule has 2 amide bonds. The molecule has 3 rings (SSSR count). The van der Waals surface area contributed by atoms with E-state index in [1.165, 1.54) is 24.3 Å². The number of carbonyl (C=O) groups is 1. The first-order valence-corrected chi connectivity index (χ1v) is 11.0. The van der Waals surface area contributed by atoms with Crippen molar-refractivity contribution >= 4 is 35.2 Å². The van der Waals surface area contributed by atoms with E-state index in [-0.39, 0.29) is 6.03 Å². The van der Waals surface area contributed by atoms with Crippen molar-refractivity contribution in [1.29, 1.82) is 0 Å². The van der Waals surface area contributed by atoms with Gasteiger partial charge in [-0.2, -0.15) is 11.8 Å². The molecule has 0 bridgehead atoms. The average molecular weight is 366 g/mol. The van der Waals surface area contributed by atoms with Crippen LogP contribution in [0.4, 0.5) is 10.5 Å². The number of benzene rings is 1. The standard InChI is InChI=1S/C18H27N3OS2/c1-2-24-17-6-4-3-5-16(17)19-18(22)21-11-9-20(10-12-21)15-7-13-23-14-8-15/h3-6,15H,2,7-14H2,1H3,(H,19,22). The van der Waals surface area contributed by atoms with Crippen LogP contribution < -0.4 is 5.32 Å². The summed E-state index contributed by atoms with van der Waals surface area (Å²) >= 11 is 3.84. The predicted octanol–water partition coefficient (Wildman–Crippen LogP) is 3.84. The van der Waals surface area contributed by atoms with E-state index >= 15 is 0 Å². The Hall–Kier alpha value is -0.850. The van der Waals surface area contributed by atoms with Gasteiger partial charge in [-0.1, -0.05) is 19.1 Å². The Labute approximate surface area is 153 Å². The lowest BCUT2D eigenvalue weighted by molar-refractivity contribution is 0.108. The summed E-state index contributed by atoms with van der Waals surface area (Å²) < 4.78 is 0. The zero-order valence-corrected chi connectivity index (χ0v) is 16.0. The first kappa shape index (κ1) is 18.0. The molecule has 0 spiro atoms. The van der Waals surface area contributed by atoms with Gasteiger partial charge in [0.2, 0.25) is 0 Å². The Bertz CT molecular complexity index is 541. The van der Waals surface area contributed by atoms with Crippen LogP contribution >= 0.6 is 23.5 Å². The number of hydrogen-bond donors (Lipinski definition) is 1. The summed E-state index contributed by atoms with van der Waals surface area (Å²) in [5.74, 6) is 3.58. The van der Waals surface area contributed by atoms with E-state index in [0.717, 1.165) is 48.6 Å². The van der Waals surface area contributed by atoms with Crippen molar-refractivity contribution in [2.45, 2.75) is 30.7 Å². The highest BCUT2D eigenvalue weighted by Crippen LogP contribution is 2.27. The van der Waals surface area contributed by atoms with Crippen LogP contribution in [0, 0.1) is 0 Å². The van der Waals surface area contributed by atoms with E-state index in [0.29, 0.717) is 0 Å². The van der Waals surface area contributed by atoms with Crippen LogP contribution in [0.15, 0.2) is 29.2 Å². The number of piperazine rings is 1. The van der Waals surface area contributed by atoms with Gasteiger partial charge in [-0.05, 0) is 42.2 Å². The fourth-order valence-corrected chi connectivity index (χ4v) is 5.23. The zero-order valence-electron chi connectivity index (χ0n) is 14.4. The van der Waals surface area contributed by atoms with Crippen LogP contribution in [-0.2, 0) is 0 Å². The molecule has 1 aromatic rings. The molecule has 2 saturated heterocycles. The SMILES string of the molecule is CCSc1ccccc1NC(=O)N1CCN(C2CCSCC2)CC1. The van der Waals surface area contributed by atoms with Crippen molar-refractivity contribution in [1.82, 2.24) is 9.80 Å². The normalized spacial score (nSPS) is 20.1. The topological polar surface area (TPSA) is 35.6 Å². The summed E-state index contributed by atoms with van der Waals surface area (Å²) in [7, 11) is 0. The number of hydrogen-bond acceptors (Lipinski definition) is 4. The third-order valence-electron chi connectivity index (χ3n) is 4.74. The zero-order chi connectivity index (χ0) is 16.8. The van der Waals surface area contributed by atoms with Crippen LogP contribution in [-0.4, -0.2) is 65.3 Å². The maximum absolute atomic E-state index is 12.6. The summed E-state index contributed by atoms with van der Waals surface area (Å²) in [5.41, 5.74) is 0.932. The predicted molar refractivity (Wildman–Crippen MR) is 105 cm³/mol. The van der Waals surface area contributed by atoms with E-state index in [1.54, 1.807) is 11.8 Å². The van der Waals surface area contributed by atoms with Crippen LogP contribution in [0.2, 0.25) is 0 Å². The van der Waals surface area contributed by atoms with Gasteiger partial charge in [0, 0.05) is 37.1 Å². The van der Waals surface area contributed by atoms with E-state index in [9.17, 15) is 4.79 Å². The lowest BCUT2D eigenvalue weighted by Gasteiger charge is -2.40. The second-order valence-corrected chi connectivity index (χ2v) is 8.76. The van der Waals surface area contributed by atoms with Crippen molar-refractivity contribution in [2.24, 2.45) is 0 Å². The van der Waals surface area contributed by atoms with Crippen molar-refractivity contribution < 1.29 is 4.79 Å². The van der Waals surface area contributed by atoms with Gasteiger partial charge in [-0.25, -0.2) is 4.79 Å². The highest BCUT2D eigenvalue weighted by atomic mass is 32.2. The van der Waals surface area contributed by atoms with Crippen LogP contribution in [0.3, 0.4) is 0 Å². The molecule has 0 radical (unpaired) electrons. The molecule has 0 aromatic heterocycles. The molecule has 1 aromatic carbocycles. The first-order chi connectivity index (χ1) is 11.8. The molecule has 0 unspecified atom stereocenters. The van der Waals surface area contributed by atoms with E-state index in [1.807, 2.05) is 23.1 Å². The molecule has 1 N–H and O–H groups in total. The molecule has 24 heavy (non-hydrogen) atoms. The Morgan fingerprint density at radius 1 is 1.21 bits per heavy atom. The molecule has 2 heterocycles. The quantitative estimate of drug-likeness (QED) is 0.822. The van der Waals surface area contributed by atoms with Gasteiger partial charge in [0.1, 0.15) is 0 Å². The maximum atomic E-state index is 12.6. The summed E-state index contributed by atoms with van der Waals surface area (Å²) in [6, 6.07) is 8.84. The lowest BCUT2D eigenvalue weighted by Crippen LogP contribution is -2.53. The largest absolute Gasteiger partial charge is 0.322 e. The number of carbonyl (C=O) groups excluding carboxylic acids is 1. The Balaban J connectivity index is 1.52. The number of rotatable bonds is 4. The number of anilines is 1. The van der Waals surface area contributed by atoms with Crippen LogP contribution in [0.25, 0.3) is 0 Å². The fourth-order valence-electron chi connectivity index (χ4n) is 3.39. The summed E-state index contributed by atoms with van der Waals surface area (Å²) in [5, 5.41) is 3.10. The van der Waals surface area contributed by atoms with E-state index in [2.05, 4.69) is 35.0 Å². The van der Waals surface area contributed by atoms with Crippen LogP contribution in [0.5, 0.6) is 0 Å². The molecular formula is C18H27N3OS2. The lowest BCUT2D eigenvalue weighted by atomic mass is 10.1. The second kappa shape index (κ2) is 9.02. The number of para-hydroxylation sites is 1. The smallest absolute Gasteiger partial charge is 0.321 e. The number of urea groups is 1. The molecule has 4 nitrogen and oxygen atoms in total. The number of nitrogens with zero attached hydrogens (tertiary/aromatic N) is 2. The van der Waals surface area contributed by atoms with Gasteiger partial charge in [0.05, 0.1) is 5.69 Å². The highest BCUT2D eigenvalue weighted by molar-refractivity contribution is 7.99. The second-order valence-electron chi connectivity index (χ2n) is 6.23. The van der Waals surface area contributed by atoms with Crippen molar-refractivity contribution in [3.8, 4) is 0 Å². The molecule has 2 fully saturated rings. The Morgan fingerprint density at radius 3 is 2.62 bits per heavy atom. The van der Waals surface area contributed by atoms with Crippen molar-refractivity contribution in [2.75, 3.05) is 48.8 Å². The third kappa shape index (κ3) is 4.61. The third-order valence-corrected chi connectivity index (χ3v) is 6.74. The number of amides is 2. The molecule has 0 aliphatic carbocycles. The fraction of sp³-hybridized carbons (Fsp3) is 0.611. The first-order valence-electron chi connectivity index (χ1n) is 8.87. The molecule has 132 valence electrons. The minimum atomic E-state index is 0.0398. The van der Waals surface area contributed by atoms with Gasteiger partial charge in [-0.3, -0.25) is 4.90 Å². The molecule has 6 heteroatoms. The summed E-state index contributed by atoms with van der Waals surface area (Å²) in [6.45, 7) is 5.81. The van der Waals surface area contributed by atoms with Gasteiger partial charge in [-0.15, -0.1) is 11.8 Å². The van der Waals surface area contributed by atoms with E-state index in [4.69, 9.17) is 0 Å². The Kier molecular flexibility index (Phi) is 6.75. The molecular weight excluding hydrogens is 338 g/mol. The molecule has 0 atom stereocenters. The van der Waals surface area contributed by atoms with Gasteiger partial charge < -0.3 is 10.2 Å². The minimum absolute atomic E-state index is 0.0398. The molecule has 2 aliphatic heterocycles. The number of nitrogens with one attached hydrogen (secondary N) is 1. The van der Waals surface area contributed by atoms with Gasteiger partial charge in [0.15, 0.2) is 0 Å². The molecule has 2 aliphatic rings. The average Bonchev–Trinajstić information content (AvgIpc) is 2.64.